The summed E-state index contributed by atoms with van der Waals surface area (Å²) in [5, 5.41) is 3.14. The van der Waals surface area contributed by atoms with Gasteiger partial charge in [0.2, 0.25) is 0 Å². The van der Waals surface area contributed by atoms with Crippen LogP contribution in [0.15, 0.2) is 0 Å². The monoisotopic (exact) mass is 268 g/mol. The molecule has 0 aromatic rings. The molecule has 2 saturated carbocycles. The number of alkyl carbamates (subject to hydrolysis) is 1. The average Bonchev–Trinajstić information content (AvgIpc) is 2.60. The molecular weight excluding hydrogens is 240 g/mol. The van der Waals surface area contributed by atoms with Crippen LogP contribution in [-0.2, 0) is 4.74 Å². The van der Waals surface area contributed by atoms with E-state index < -0.39 is 0 Å². The maximum Gasteiger partial charge on any atom is 0.407 e. The van der Waals surface area contributed by atoms with E-state index in [2.05, 4.69) is 45.1 Å². The number of fused-ring (bicyclic) bond motifs is 2. The van der Waals surface area contributed by atoms with Crippen LogP contribution in [0.3, 0.4) is 0 Å². The quantitative estimate of drug-likeness (QED) is 0.855. The summed E-state index contributed by atoms with van der Waals surface area (Å²) in [6.45, 7) is 9.31. The SMILES string of the molecule is CCOC(=O)N[C@H]1[C@H](N(C)C)[C@@H]2CC[C@]1(C)C2(C)C. The predicted molar refractivity (Wildman–Crippen MR) is 76.0 cm³/mol. The number of rotatable bonds is 3. The fourth-order valence-corrected chi connectivity index (χ4v) is 4.53. The van der Waals surface area contributed by atoms with Crippen LogP contribution in [0.25, 0.3) is 0 Å². The summed E-state index contributed by atoms with van der Waals surface area (Å²) in [5.74, 6) is 0.638. The van der Waals surface area contributed by atoms with Gasteiger partial charge in [-0.15, -0.1) is 0 Å². The molecule has 0 aromatic heterocycles. The van der Waals surface area contributed by atoms with Crippen LogP contribution in [0, 0.1) is 16.7 Å². The van der Waals surface area contributed by atoms with Gasteiger partial charge in [-0.1, -0.05) is 20.8 Å². The number of nitrogens with zero attached hydrogens (tertiary/aromatic N) is 1. The standard InChI is InChI=1S/C15H28N2O2/c1-7-19-13(18)16-12-11(17(5)6)10-8-9-15(12,4)14(10,2)3/h10-12H,7-9H2,1-6H3,(H,16,18)/t10-,11+,12-,15-/m0/s1. The van der Waals surface area contributed by atoms with Crippen molar-refractivity contribution < 1.29 is 9.53 Å². The number of amides is 1. The molecule has 2 bridgehead atoms. The van der Waals surface area contributed by atoms with Gasteiger partial charge in [0.15, 0.2) is 0 Å². The van der Waals surface area contributed by atoms with Gasteiger partial charge in [0, 0.05) is 6.04 Å². The van der Waals surface area contributed by atoms with E-state index in [0.717, 1.165) is 0 Å². The summed E-state index contributed by atoms with van der Waals surface area (Å²) in [6.07, 6.45) is 2.17. The number of likely N-dealkylation sites (N-methyl/N-ethyl adjacent to an activating group) is 1. The molecule has 4 nitrogen and oxygen atoms in total. The van der Waals surface area contributed by atoms with Gasteiger partial charge in [-0.05, 0) is 50.6 Å². The van der Waals surface area contributed by atoms with Gasteiger partial charge in [-0.3, -0.25) is 0 Å². The van der Waals surface area contributed by atoms with Crippen LogP contribution >= 0.6 is 0 Å². The Morgan fingerprint density at radius 1 is 1.37 bits per heavy atom. The van der Waals surface area contributed by atoms with E-state index in [1.807, 2.05) is 6.92 Å². The molecule has 0 aliphatic heterocycles. The Kier molecular flexibility index (Phi) is 3.58. The van der Waals surface area contributed by atoms with Crippen molar-refractivity contribution in [2.24, 2.45) is 16.7 Å². The highest BCUT2D eigenvalue weighted by Crippen LogP contribution is 2.66. The molecule has 0 aromatic carbocycles. The van der Waals surface area contributed by atoms with Crippen LogP contribution < -0.4 is 5.32 Å². The highest BCUT2D eigenvalue weighted by molar-refractivity contribution is 5.68. The van der Waals surface area contributed by atoms with Crippen molar-refractivity contribution in [3.63, 3.8) is 0 Å². The fourth-order valence-electron chi connectivity index (χ4n) is 4.53. The summed E-state index contributed by atoms with van der Waals surface area (Å²) in [4.78, 5) is 14.1. The van der Waals surface area contributed by atoms with Gasteiger partial charge in [0.05, 0.1) is 12.6 Å². The lowest BCUT2D eigenvalue weighted by Gasteiger charge is -2.41. The molecule has 4 heteroatoms. The lowest BCUT2D eigenvalue weighted by Crippen LogP contribution is -2.56. The minimum absolute atomic E-state index is 0.152. The van der Waals surface area contributed by atoms with E-state index >= 15 is 0 Å². The zero-order valence-electron chi connectivity index (χ0n) is 13.1. The molecule has 0 spiro atoms. The van der Waals surface area contributed by atoms with E-state index in [-0.39, 0.29) is 23.0 Å². The van der Waals surface area contributed by atoms with Crippen molar-refractivity contribution in [1.29, 1.82) is 0 Å². The third-order valence-corrected chi connectivity index (χ3v) is 5.96. The Balaban J connectivity index is 2.27. The van der Waals surface area contributed by atoms with Crippen LogP contribution in [0.4, 0.5) is 4.79 Å². The van der Waals surface area contributed by atoms with Crippen molar-refractivity contribution in [2.75, 3.05) is 20.7 Å². The maximum atomic E-state index is 11.8. The van der Waals surface area contributed by atoms with Crippen LogP contribution in [0.1, 0.15) is 40.5 Å². The average molecular weight is 268 g/mol. The van der Waals surface area contributed by atoms with Crippen molar-refractivity contribution in [2.45, 2.75) is 52.6 Å². The molecule has 2 aliphatic carbocycles. The highest BCUT2D eigenvalue weighted by atomic mass is 16.5. The second kappa shape index (κ2) is 4.65. The fraction of sp³-hybridized carbons (Fsp3) is 0.933. The summed E-state index contributed by atoms with van der Waals surface area (Å²) in [7, 11) is 4.23. The van der Waals surface area contributed by atoms with Gasteiger partial charge < -0.3 is 15.0 Å². The molecule has 0 heterocycles. The Labute approximate surface area is 116 Å². The smallest absolute Gasteiger partial charge is 0.407 e. The second-order valence-corrected chi connectivity index (χ2v) is 7.08. The second-order valence-electron chi connectivity index (χ2n) is 7.08. The molecule has 0 saturated heterocycles. The summed E-state index contributed by atoms with van der Waals surface area (Å²) >= 11 is 0. The first-order chi connectivity index (χ1) is 8.75. The molecule has 2 rings (SSSR count). The van der Waals surface area contributed by atoms with Crippen LogP contribution in [0.5, 0.6) is 0 Å². The van der Waals surface area contributed by atoms with E-state index in [4.69, 9.17) is 4.74 Å². The van der Waals surface area contributed by atoms with Crippen LogP contribution in [-0.4, -0.2) is 43.8 Å². The normalized spacial score (nSPS) is 39.6. The number of hydrogen-bond donors (Lipinski definition) is 1. The highest BCUT2D eigenvalue weighted by Gasteiger charge is 2.67. The van der Waals surface area contributed by atoms with Crippen molar-refractivity contribution >= 4 is 6.09 Å². The minimum Gasteiger partial charge on any atom is -0.450 e. The maximum absolute atomic E-state index is 11.8. The summed E-state index contributed by atoms with van der Waals surface area (Å²) in [5.41, 5.74) is 0.408. The van der Waals surface area contributed by atoms with E-state index in [9.17, 15) is 4.79 Å². The molecule has 4 atom stereocenters. The van der Waals surface area contributed by atoms with Crippen LogP contribution in [0.2, 0.25) is 0 Å². The van der Waals surface area contributed by atoms with Gasteiger partial charge in [0.25, 0.3) is 0 Å². The third-order valence-electron chi connectivity index (χ3n) is 5.96. The predicted octanol–water partition coefficient (Wildman–Crippen LogP) is 2.49. The number of carbonyl (C=O) groups is 1. The molecule has 2 fully saturated rings. The van der Waals surface area contributed by atoms with Crippen molar-refractivity contribution in [1.82, 2.24) is 10.2 Å². The van der Waals surface area contributed by atoms with E-state index in [1.54, 1.807) is 0 Å². The number of ether oxygens (including phenoxy) is 1. The Bertz CT molecular complexity index is 367. The topological polar surface area (TPSA) is 41.6 Å². The lowest BCUT2D eigenvalue weighted by atomic mass is 9.69. The zero-order chi connectivity index (χ0) is 14.4. The van der Waals surface area contributed by atoms with Crippen molar-refractivity contribution in [3.8, 4) is 0 Å². The number of carbonyl (C=O) groups excluding carboxylic acids is 1. The van der Waals surface area contributed by atoms with Gasteiger partial charge in [-0.2, -0.15) is 0 Å². The molecular formula is C15H28N2O2. The Morgan fingerprint density at radius 2 is 2.00 bits per heavy atom. The molecule has 1 amide bonds. The molecule has 1 N–H and O–H groups in total. The first kappa shape index (κ1) is 14.6. The number of nitrogens with one attached hydrogen (secondary N) is 1. The minimum atomic E-state index is -0.274. The molecule has 0 unspecified atom stereocenters. The largest absolute Gasteiger partial charge is 0.450 e. The summed E-state index contributed by atoms with van der Waals surface area (Å²) in [6, 6.07) is 0.577. The van der Waals surface area contributed by atoms with E-state index in [1.165, 1.54) is 12.8 Å². The molecule has 110 valence electrons. The molecule has 0 radical (unpaired) electrons. The molecule has 2 aliphatic rings. The Hall–Kier alpha value is -0.770. The third kappa shape index (κ3) is 1.95. The van der Waals surface area contributed by atoms with Gasteiger partial charge in [-0.25, -0.2) is 4.79 Å². The Morgan fingerprint density at radius 3 is 2.53 bits per heavy atom. The molecule has 19 heavy (non-hydrogen) atoms. The summed E-state index contributed by atoms with van der Waals surface area (Å²) < 4.78 is 5.08. The first-order valence-electron chi connectivity index (χ1n) is 7.35. The zero-order valence-corrected chi connectivity index (χ0v) is 13.1. The van der Waals surface area contributed by atoms with E-state index in [0.29, 0.717) is 18.6 Å². The lowest BCUT2D eigenvalue weighted by molar-refractivity contribution is 0.0918. The first-order valence-corrected chi connectivity index (χ1v) is 7.35. The number of hydrogen-bond acceptors (Lipinski definition) is 3. The van der Waals surface area contributed by atoms with Gasteiger partial charge in [0.1, 0.15) is 0 Å². The van der Waals surface area contributed by atoms with Gasteiger partial charge >= 0.3 is 6.09 Å². The van der Waals surface area contributed by atoms with Crippen molar-refractivity contribution in [3.05, 3.63) is 0 Å².